The summed E-state index contributed by atoms with van der Waals surface area (Å²) >= 11 is 1.97. The number of anilines is 1. The zero-order chi connectivity index (χ0) is 17.1. The summed E-state index contributed by atoms with van der Waals surface area (Å²) in [7, 11) is 0. The van der Waals surface area contributed by atoms with E-state index in [9.17, 15) is 0 Å². The summed E-state index contributed by atoms with van der Waals surface area (Å²) in [5.41, 5.74) is 4.08. The SMILES string of the molecule is Cc1ccc(N2CCN(C3=NC[C@@H](Cc4ccccc4)S3)CC2)cc1. The van der Waals surface area contributed by atoms with Crippen LogP contribution in [-0.2, 0) is 6.42 Å². The number of aliphatic imine (C=N–C) groups is 1. The van der Waals surface area contributed by atoms with Crippen LogP contribution in [0.2, 0.25) is 0 Å². The normalized spacial score (nSPS) is 20.7. The Hall–Kier alpha value is -1.94. The molecule has 0 N–H and O–H groups in total. The maximum atomic E-state index is 4.83. The van der Waals surface area contributed by atoms with Gasteiger partial charge in [-0.1, -0.05) is 59.8 Å². The van der Waals surface area contributed by atoms with Crippen molar-refractivity contribution in [2.45, 2.75) is 18.6 Å². The summed E-state index contributed by atoms with van der Waals surface area (Å²) in [5, 5.41) is 1.84. The van der Waals surface area contributed by atoms with Gasteiger partial charge in [0.25, 0.3) is 0 Å². The lowest BCUT2D eigenvalue weighted by atomic mass is 10.1. The molecule has 4 heteroatoms. The first-order valence-electron chi connectivity index (χ1n) is 9.09. The van der Waals surface area contributed by atoms with E-state index in [1.807, 2.05) is 11.8 Å². The third kappa shape index (κ3) is 4.01. The Morgan fingerprint density at radius 1 is 0.920 bits per heavy atom. The van der Waals surface area contributed by atoms with Crippen molar-refractivity contribution in [2.24, 2.45) is 4.99 Å². The van der Waals surface area contributed by atoms with Crippen LogP contribution in [0.4, 0.5) is 5.69 Å². The molecule has 0 aliphatic carbocycles. The van der Waals surface area contributed by atoms with E-state index >= 15 is 0 Å². The molecular weight excluding hydrogens is 326 g/mol. The molecule has 130 valence electrons. The van der Waals surface area contributed by atoms with Gasteiger partial charge in [-0.3, -0.25) is 4.99 Å². The van der Waals surface area contributed by atoms with E-state index in [0.29, 0.717) is 5.25 Å². The highest BCUT2D eigenvalue weighted by molar-refractivity contribution is 8.14. The lowest BCUT2D eigenvalue weighted by molar-refractivity contribution is 0.392. The van der Waals surface area contributed by atoms with Crippen LogP contribution in [0.15, 0.2) is 59.6 Å². The summed E-state index contributed by atoms with van der Waals surface area (Å²) in [6.07, 6.45) is 1.11. The number of aryl methyl sites for hydroxylation is 1. The van der Waals surface area contributed by atoms with Gasteiger partial charge in [-0.05, 0) is 31.0 Å². The molecule has 4 rings (SSSR count). The van der Waals surface area contributed by atoms with E-state index in [-0.39, 0.29) is 0 Å². The predicted molar refractivity (Wildman–Crippen MR) is 109 cm³/mol. The molecule has 0 saturated carbocycles. The molecule has 3 nitrogen and oxygen atoms in total. The molecule has 0 spiro atoms. The van der Waals surface area contributed by atoms with Gasteiger partial charge in [-0.15, -0.1) is 0 Å². The molecule has 0 bridgehead atoms. The molecule has 1 atom stereocenters. The number of nitrogens with zero attached hydrogens (tertiary/aromatic N) is 3. The molecule has 2 heterocycles. The lowest BCUT2D eigenvalue weighted by Gasteiger charge is -2.37. The lowest BCUT2D eigenvalue weighted by Crippen LogP contribution is -2.47. The first-order chi connectivity index (χ1) is 12.3. The van der Waals surface area contributed by atoms with Gasteiger partial charge in [0.05, 0.1) is 6.54 Å². The van der Waals surface area contributed by atoms with Gasteiger partial charge in [0, 0.05) is 37.1 Å². The zero-order valence-corrected chi connectivity index (χ0v) is 15.6. The largest absolute Gasteiger partial charge is 0.368 e. The van der Waals surface area contributed by atoms with Crippen LogP contribution in [0.1, 0.15) is 11.1 Å². The van der Waals surface area contributed by atoms with E-state index < -0.39 is 0 Å². The van der Waals surface area contributed by atoms with Gasteiger partial charge < -0.3 is 9.80 Å². The van der Waals surface area contributed by atoms with Crippen LogP contribution < -0.4 is 4.90 Å². The number of benzene rings is 2. The molecule has 2 aromatic carbocycles. The van der Waals surface area contributed by atoms with Gasteiger partial charge in [-0.25, -0.2) is 0 Å². The van der Waals surface area contributed by atoms with Crippen LogP contribution in [0.5, 0.6) is 0 Å². The quantitative estimate of drug-likeness (QED) is 0.837. The summed E-state index contributed by atoms with van der Waals surface area (Å²) in [6, 6.07) is 19.7. The Bertz CT molecular complexity index is 719. The fourth-order valence-electron chi connectivity index (χ4n) is 3.47. The minimum absolute atomic E-state index is 0.590. The van der Waals surface area contributed by atoms with Gasteiger partial charge in [0.15, 0.2) is 5.17 Å². The van der Waals surface area contributed by atoms with Crippen molar-refractivity contribution in [3.8, 4) is 0 Å². The van der Waals surface area contributed by atoms with Crippen LogP contribution in [-0.4, -0.2) is 48.0 Å². The first-order valence-corrected chi connectivity index (χ1v) is 9.97. The average Bonchev–Trinajstić information content (AvgIpc) is 3.12. The summed E-state index contributed by atoms with van der Waals surface area (Å²) < 4.78 is 0. The standard InChI is InChI=1S/C21H25N3S/c1-17-7-9-19(10-8-17)23-11-13-24(14-12-23)21-22-16-20(25-21)15-18-5-3-2-4-6-18/h2-10,20H,11-16H2,1H3/t20-/m1/s1. The van der Waals surface area contributed by atoms with E-state index in [0.717, 1.165) is 39.1 Å². The Kier molecular flexibility index (Phi) is 4.97. The molecule has 2 aromatic rings. The number of thioether (sulfide) groups is 1. The van der Waals surface area contributed by atoms with Crippen molar-refractivity contribution in [3.05, 3.63) is 65.7 Å². The fourth-order valence-corrected chi connectivity index (χ4v) is 4.68. The maximum absolute atomic E-state index is 4.83. The fraction of sp³-hybridized carbons (Fsp3) is 0.381. The number of hydrogen-bond donors (Lipinski definition) is 0. The highest BCUT2D eigenvalue weighted by atomic mass is 32.2. The molecule has 0 radical (unpaired) electrons. The van der Waals surface area contributed by atoms with Gasteiger partial charge >= 0.3 is 0 Å². The molecular formula is C21H25N3S. The van der Waals surface area contributed by atoms with E-state index in [1.54, 1.807) is 0 Å². The Morgan fingerprint density at radius 2 is 1.60 bits per heavy atom. The average molecular weight is 352 g/mol. The Morgan fingerprint density at radius 3 is 2.32 bits per heavy atom. The third-order valence-corrected chi connectivity index (χ3v) is 6.20. The number of amidine groups is 1. The van der Waals surface area contributed by atoms with Crippen LogP contribution in [0.25, 0.3) is 0 Å². The summed E-state index contributed by atoms with van der Waals surface area (Å²) in [5.74, 6) is 0. The minimum atomic E-state index is 0.590. The molecule has 0 amide bonds. The molecule has 1 saturated heterocycles. The van der Waals surface area contributed by atoms with Crippen molar-refractivity contribution < 1.29 is 0 Å². The summed E-state index contributed by atoms with van der Waals surface area (Å²) in [4.78, 5) is 9.79. The zero-order valence-electron chi connectivity index (χ0n) is 14.8. The molecule has 25 heavy (non-hydrogen) atoms. The van der Waals surface area contributed by atoms with Gasteiger partial charge in [-0.2, -0.15) is 0 Å². The number of rotatable bonds is 3. The Labute approximate surface area is 154 Å². The molecule has 1 fully saturated rings. The van der Waals surface area contributed by atoms with Crippen LogP contribution in [0.3, 0.4) is 0 Å². The third-order valence-electron chi connectivity index (χ3n) is 4.96. The van der Waals surface area contributed by atoms with Gasteiger partial charge in [0.1, 0.15) is 0 Å². The maximum Gasteiger partial charge on any atom is 0.159 e. The van der Waals surface area contributed by atoms with E-state index in [2.05, 4.69) is 71.3 Å². The minimum Gasteiger partial charge on any atom is -0.368 e. The Balaban J connectivity index is 1.29. The monoisotopic (exact) mass is 351 g/mol. The molecule has 0 aromatic heterocycles. The van der Waals surface area contributed by atoms with Crippen LogP contribution >= 0.6 is 11.8 Å². The van der Waals surface area contributed by atoms with Crippen molar-refractivity contribution in [2.75, 3.05) is 37.6 Å². The second-order valence-electron chi connectivity index (χ2n) is 6.86. The number of hydrogen-bond acceptors (Lipinski definition) is 4. The van der Waals surface area contributed by atoms with Crippen molar-refractivity contribution in [1.82, 2.24) is 4.90 Å². The van der Waals surface area contributed by atoms with Gasteiger partial charge in [0.2, 0.25) is 0 Å². The second kappa shape index (κ2) is 7.52. The molecule has 0 unspecified atom stereocenters. The summed E-state index contributed by atoms with van der Waals surface area (Å²) in [6.45, 7) is 7.38. The highest BCUT2D eigenvalue weighted by Gasteiger charge is 2.26. The number of piperazine rings is 1. The van der Waals surface area contributed by atoms with Crippen LogP contribution in [0, 0.1) is 6.92 Å². The van der Waals surface area contributed by atoms with Crippen molar-refractivity contribution in [1.29, 1.82) is 0 Å². The predicted octanol–water partition coefficient (Wildman–Crippen LogP) is 3.83. The first kappa shape index (κ1) is 16.5. The highest BCUT2D eigenvalue weighted by Crippen LogP contribution is 2.27. The van der Waals surface area contributed by atoms with E-state index in [4.69, 9.17) is 4.99 Å². The molecule has 2 aliphatic rings. The topological polar surface area (TPSA) is 18.8 Å². The van der Waals surface area contributed by atoms with Crippen molar-refractivity contribution >= 4 is 22.6 Å². The smallest absolute Gasteiger partial charge is 0.159 e. The van der Waals surface area contributed by atoms with E-state index in [1.165, 1.54) is 22.0 Å². The molecule has 2 aliphatic heterocycles. The second-order valence-corrected chi connectivity index (χ2v) is 8.13. The van der Waals surface area contributed by atoms with Crippen molar-refractivity contribution in [3.63, 3.8) is 0 Å².